The SMILES string of the molecule is N#CC1=CCN(C(=O)C(F)F)CC1. The Morgan fingerprint density at radius 3 is 2.77 bits per heavy atom. The van der Waals surface area contributed by atoms with E-state index in [1.807, 2.05) is 6.07 Å². The Hall–Kier alpha value is -1.44. The Kier molecular flexibility index (Phi) is 2.96. The summed E-state index contributed by atoms with van der Waals surface area (Å²) in [5.74, 6) is -1.16. The van der Waals surface area contributed by atoms with Crippen LogP contribution in [0.2, 0.25) is 0 Å². The number of nitrogens with zero attached hydrogens (tertiary/aromatic N) is 2. The molecule has 1 amide bonds. The van der Waals surface area contributed by atoms with Crippen LogP contribution in [0.5, 0.6) is 0 Å². The van der Waals surface area contributed by atoms with E-state index in [1.165, 1.54) is 6.08 Å². The number of carbonyl (C=O) groups is 1. The van der Waals surface area contributed by atoms with E-state index in [4.69, 9.17) is 5.26 Å². The average molecular weight is 186 g/mol. The van der Waals surface area contributed by atoms with Gasteiger partial charge in [0.2, 0.25) is 0 Å². The zero-order chi connectivity index (χ0) is 9.84. The maximum atomic E-state index is 11.9. The van der Waals surface area contributed by atoms with Crippen molar-refractivity contribution in [1.29, 1.82) is 5.26 Å². The molecule has 0 aromatic rings. The minimum absolute atomic E-state index is 0.117. The van der Waals surface area contributed by atoms with Gasteiger partial charge in [-0.2, -0.15) is 14.0 Å². The molecule has 1 aliphatic heterocycles. The van der Waals surface area contributed by atoms with Crippen molar-refractivity contribution in [3.63, 3.8) is 0 Å². The van der Waals surface area contributed by atoms with Crippen LogP contribution in [0.1, 0.15) is 6.42 Å². The Morgan fingerprint density at radius 2 is 2.38 bits per heavy atom. The molecule has 0 saturated carbocycles. The Morgan fingerprint density at radius 1 is 1.69 bits per heavy atom. The highest BCUT2D eigenvalue weighted by Gasteiger charge is 2.24. The second-order valence-corrected chi connectivity index (χ2v) is 2.68. The van der Waals surface area contributed by atoms with E-state index in [0.29, 0.717) is 12.0 Å². The van der Waals surface area contributed by atoms with E-state index >= 15 is 0 Å². The van der Waals surface area contributed by atoms with Crippen molar-refractivity contribution in [3.05, 3.63) is 11.6 Å². The highest BCUT2D eigenvalue weighted by molar-refractivity contribution is 5.79. The largest absolute Gasteiger partial charge is 0.334 e. The van der Waals surface area contributed by atoms with Crippen LogP contribution in [-0.4, -0.2) is 30.3 Å². The number of carbonyl (C=O) groups excluding carboxylic acids is 1. The lowest BCUT2D eigenvalue weighted by molar-refractivity contribution is -0.142. The number of alkyl halides is 2. The van der Waals surface area contributed by atoms with Crippen LogP contribution < -0.4 is 0 Å². The molecule has 0 radical (unpaired) electrons. The van der Waals surface area contributed by atoms with E-state index in [2.05, 4.69) is 0 Å². The van der Waals surface area contributed by atoms with Crippen LogP contribution in [0, 0.1) is 11.3 Å². The van der Waals surface area contributed by atoms with Gasteiger partial charge in [0.1, 0.15) is 0 Å². The van der Waals surface area contributed by atoms with Crippen LogP contribution in [0.4, 0.5) is 8.78 Å². The molecule has 1 rings (SSSR count). The molecule has 0 atom stereocenters. The molecule has 0 aromatic carbocycles. The summed E-state index contributed by atoms with van der Waals surface area (Å²) in [5.41, 5.74) is 0.554. The van der Waals surface area contributed by atoms with Gasteiger partial charge in [0.15, 0.2) is 0 Å². The third-order valence-corrected chi connectivity index (χ3v) is 1.85. The van der Waals surface area contributed by atoms with Gasteiger partial charge in [-0.3, -0.25) is 4.79 Å². The van der Waals surface area contributed by atoms with Gasteiger partial charge in [0, 0.05) is 18.7 Å². The van der Waals surface area contributed by atoms with Crippen LogP contribution >= 0.6 is 0 Å². The van der Waals surface area contributed by atoms with E-state index in [9.17, 15) is 13.6 Å². The molecule has 0 unspecified atom stereocenters. The monoisotopic (exact) mass is 186 g/mol. The van der Waals surface area contributed by atoms with Crippen LogP contribution in [0.25, 0.3) is 0 Å². The summed E-state index contributed by atoms with van der Waals surface area (Å²) in [5, 5.41) is 8.46. The van der Waals surface area contributed by atoms with E-state index in [1.54, 1.807) is 0 Å². The fraction of sp³-hybridized carbons (Fsp3) is 0.500. The number of hydrogen-bond donors (Lipinski definition) is 0. The number of nitriles is 1. The van der Waals surface area contributed by atoms with Gasteiger partial charge in [-0.05, 0) is 6.42 Å². The van der Waals surface area contributed by atoms with Gasteiger partial charge in [0.25, 0.3) is 5.91 Å². The molecule has 0 bridgehead atoms. The van der Waals surface area contributed by atoms with Crippen LogP contribution in [0.15, 0.2) is 11.6 Å². The summed E-state index contributed by atoms with van der Waals surface area (Å²) < 4.78 is 23.8. The standard InChI is InChI=1S/C8H8F2N2O/c9-7(10)8(13)12-3-1-6(5-11)2-4-12/h1,7H,2-4H2. The summed E-state index contributed by atoms with van der Waals surface area (Å²) in [6.45, 7) is 0.328. The zero-order valence-corrected chi connectivity index (χ0v) is 6.83. The van der Waals surface area contributed by atoms with Crippen LogP contribution in [-0.2, 0) is 4.79 Å². The fourth-order valence-electron chi connectivity index (χ4n) is 1.11. The second-order valence-electron chi connectivity index (χ2n) is 2.68. The summed E-state index contributed by atoms with van der Waals surface area (Å²) >= 11 is 0. The highest BCUT2D eigenvalue weighted by Crippen LogP contribution is 2.11. The quantitative estimate of drug-likeness (QED) is 0.611. The smallest absolute Gasteiger partial charge is 0.315 e. The molecule has 3 nitrogen and oxygen atoms in total. The third-order valence-electron chi connectivity index (χ3n) is 1.85. The molecule has 0 aromatic heterocycles. The molecule has 70 valence electrons. The van der Waals surface area contributed by atoms with Crippen molar-refractivity contribution < 1.29 is 13.6 Å². The summed E-state index contributed by atoms with van der Waals surface area (Å²) in [7, 11) is 0. The first-order valence-electron chi connectivity index (χ1n) is 3.81. The fourth-order valence-corrected chi connectivity index (χ4v) is 1.11. The first kappa shape index (κ1) is 9.65. The predicted octanol–water partition coefficient (Wildman–Crippen LogP) is 0.934. The minimum atomic E-state index is -2.95. The molecule has 0 spiro atoms. The topological polar surface area (TPSA) is 44.1 Å². The van der Waals surface area contributed by atoms with Crippen molar-refractivity contribution in [3.8, 4) is 6.07 Å². The lowest BCUT2D eigenvalue weighted by atomic mass is 10.1. The molecule has 0 fully saturated rings. The molecule has 1 heterocycles. The van der Waals surface area contributed by atoms with Crippen molar-refractivity contribution in [2.45, 2.75) is 12.8 Å². The Labute approximate surface area is 74.2 Å². The van der Waals surface area contributed by atoms with Gasteiger partial charge >= 0.3 is 6.43 Å². The normalized spacial score (nSPS) is 16.8. The summed E-state index contributed by atoms with van der Waals surface area (Å²) in [6, 6.07) is 1.93. The third kappa shape index (κ3) is 2.25. The molecular formula is C8H8F2N2O. The number of hydrogen-bond acceptors (Lipinski definition) is 2. The molecular weight excluding hydrogens is 178 g/mol. The molecule has 13 heavy (non-hydrogen) atoms. The molecule has 1 aliphatic rings. The highest BCUT2D eigenvalue weighted by atomic mass is 19.3. The van der Waals surface area contributed by atoms with Gasteiger partial charge in [-0.15, -0.1) is 0 Å². The van der Waals surface area contributed by atoms with Crippen molar-refractivity contribution in [2.75, 3.05) is 13.1 Å². The molecule has 0 N–H and O–H groups in total. The van der Waals surface area contributed by atoms with Crippen molar-refractivity contribution in [2.24, 2.45) is 0 Å². The Bertz CT molecular complexity index is 280. The van der Waals surface area contributed by atoms with Crippen molar-refractivity contribution in [1.82, 2.24) is 4.90 Å². The van der Waals surface area contributed by atoms with Crippen LogP contribution in [0.3, 0.4) is 0 Å². The maximum Gasteiger partial charge on any atom is 0.315 e. The van der Waals surface area contributed by atoms with Gasteiger partial charge in [-0.25, -0.2) is 0 Å². The minimum Gasteiger partial charge on any atom is -0.334 e. The number of amides is 1. The molecule has 0 saturated heterocycles. The first-order valence-corrected chi connectivity index (χ1v) is 3.81. The van der Waals surface area contributed by atoms with Crippen molar-refractivity contribution >= 4 is 5.91 Å². The lowest BCUT2D eigenvalue weighted by Gasteiger charge is -2.23. The first-order chi connectivity index (χ1) is 6.15. The van der Waals surface area contributed by atoms with Gasteiger partial charge < -0.3 is 4.90 Å². The number of rotatable bonds is 1. The second kappa shape index (κ2) is 3.99. The molecule has 0 aliphatic carbocycles. The van der Waals surface area contributed by atoms with E-state index in [0.717, 1.165) is 4.90 Å². The summed E-state index contributed by atoms with van der Waals surface area (Å²) in [6.07, 6.45) is -1.07. The molecule has 5 heteroatoms. The predicted molar refractivity (Wildman–Crippen MR) is 40.9 cm³/mol. The summed E-state index contributed by atoms with van der Waals surface area (Å²) in [4.78, 5) is 11.8. The van der Waals surface area contributed by atoms with Gasteiger partial charge in [-0.1, -0.05) is 6.08 Å². The average Bonchev–Trinajstić information content (AvgIpc) is 2.17. The zero-order valence-electron chi connectivity index (χ0n) is 6.83. The lowest BCUT2D eigenvalue weighted by Crippen LogP contribution is -2.38. The van der Waals surface area contributed by atoms with Gasteiger partial charge in [0.05, 0.1) is 6.07 Å². The van der Waals surface area contributed by atoms with E-state index < -0.39 is 12.3 Å². The Balaban J connectivity index is 2.56. The van der Waals surface area contributed by atoms with E-state index in [-0.39, 0.29) is 13.1 Å². The number of halogens is 2. The maximum absolute atomic E-state index is 11.9.